The van der Waals surface area contributed by atoms with Gasteiger partial charge in [-0.25, -0.2) is 9.59 Å². The third kappa shape index (κ3) is 10.4. The van der Waals surface area contributed by atoms with E-state index >= 15 is 0 Å². The van der Waals surface area contributed by atoms with E-state index in [-0.39, 0.29) is 18.6 Å². The third-order valence-electron chi connectivity index (χ3n) is 11.2. The first-order chi connectivity index (χ1) is 26.5. The molecule has 0 saturated heterocycles. The summed E-state index contributed by atoms with van der Waals surface area (Å²) in [5.41, 5.74) is -2.72. The Hall–Kier alpha value is -5.63. The molecule has 0 aliphatic heterocycles. The average molecular weight is 809 g/mol. The van der Waals surface area contributed by atoms with Crippen molar-refractivity contribution in [3.63, 3.8) is 0 Å². The van der Waals surface area contributed by atoms with E-state index in [0.717, 1.165) is 72.7 Å². The molecule has 0 spiro atoms. The lowest BCUT2D eigenvalue weighted by Crippen LogP contribution is -2.50. The van der Waals surface area contributed by atoms with E-state index in [2.05, 4.69) is 47.6 Å². The standard InChI is InChI=1S/C38H48N4O12Si2/c1-7-55(8-2,9-3)36(56(10-4,11-5)12-6)26-35(54-38(44)29-22-32(41(49)50)25-33(23-29)42(51)52)34(27-16-14-13-15-17-27)18-19-53-37(43)28-20-30(39(45)46)24-31(21-28)40(47)48/h13-17,20-26,34-35H,7-12,18-19H2,1-6H3/t34-,35-/m0/s1. The minimum Gasteiger partial charge on any atom is -0.462 e. The highest BCUT2D eigenvalue weighted by Gasteiger charge is 2.44. The number of carbonyl (C=O) groups excluding carboxylic acids is 2. The first-order valence-electron chi connectivity index (χ1n) is 18.6. The van der Waals surface area contributed by atoms with E-state index in [0.29, 0.717) is 5.56 Å². The molecular weight excluding hydrogens is 761 g/mol. The molecule has 16 nitrogen and oxygen atoms in total. The van der Waals surface area contributed by atoms with Gasteiger partial charge in [-0.15, -0.1) is 0 Å². The van der Waals surface area contributed by atoms with Crippen molar-refractivity contribution < 1.29 is 38.8 Å². The molecule has 0 saturated carbocycles. The Morgan fingerprint density at radius 3 is 1.34 bits per heavy atom. The van der Waals surface area contributed by atoms with Gasteiger partial charge in [-0.3, -0.25) is 40.5 Å². The summed E-state index contributed by atoms with van der Waals surface area (Å²) in [7, 11) is -4.40. The van der Waals surface area contributed by atoms with Gasteiger partial charge in [0.2, 0.25) is 0 Å². The summed E-state index contributed by atoms with van der Waals surface area (Å²) in [5.74, 6) is -2.75. The molecular formula is C38H48N4O12Si2. The Kier molecular flexibility index (Phi) is 15.8. The van der Waals surface area contributed by atoms with Crippen LogP contribution in [-0.4, -0.2) is 60.5 Å². The molecule has 0 fully saturated rings. The minimum atomic E-state index is -2.20. The molecule has 2 atom stereocenters. The lowest BCUT2D eigenvalue weighted by molar-refractivity contribution is -0.394. The highest BCUT2D eigenvalue weighted by atomic mass is 28.4. The lowest BCUT2D eigenvalue weighted by atomic mass is 9.90. The van der Waals surface area contributed by atoms with Crippen molar-refractivity contribution in [2.75, 3.05) is 6.61 Å². The largest absolute Gasteiger partial charge is 0.462 e. The highest BCUT2D eigenvalue weighted by Crippen LogP contribution is 2.42. The number of non-ortho nitro benzene ring substituents is 4. The van der Waals surface area contributed by atoms with E-state index in [4.69, 9.17) is 9.47 Å². The predicted molar refractivity (Wildman–Crippen MR) is 215 cm³/mol. The Morgan fingerprint density at radius 2 is 0.982 bits per heavy atom. The van der Waals surface area contributed by atoms with Gasteiger partial charge < -0.3 is 9.47 Å². The summed E-state index contributed by atoms with van der Waals surface area (Å²) in [6, 6.07) is 19.7. The van der Waals surface area contributed by atoms with E-state index in [1.807, 2.05) is 12.1 Å². The maximum atomic E-state index is 14.1. The second-order valence-corrected chi connectivity index (χ2v) is 24.5. The summed E-state index contributed by atoms with van der Waals surface area (Å²) in [6.07, 6.45) is 1.07. The molecule has 0 bridgehead atoms. The van der Waals surface area contributed by atoms with Crippen molar-refractivity contribution >= 4 is 50.8 Å². The van der Waals surface area contributed by atoms with Crippen LogP contribution in [0.1, 0.15) is 80.2 Å². The zero-order valence-electron chi connectivity index (χ0n) is 32.4. The summed E-state index contributed by atoms with van der Waals surface area (Å²) >= 11 is 0. The summed E-state index contributed by atoms with van der Waals surface area (Å²) in [5, 5.41) is 46.4. The Morgan fingerprint density at radius 1 is 0.607 bits per heavy atom. The van der Waals surface area contributed by atoms with Gasteiger partial charge in [0.25, 0.3) is 22.7 Å². The molecule has 0 aliphatic rings. The van der Waals surface area contributed by atoms with Gasteiger partial charge >= 0.3 is 11.9 Å². The Bertz CT molecular complexity index is 1860. The van der Waals surface area contributed by atoms with Gasteiger partial charge in [-0.05, 0) is 12.0 Å². The number of nitro benzene ring substituents is 4. The number of hydrogen-bond donors (Lipinski definition) is 0. The maximum absolute atomic E-state index is 14.1. The van der Waals surface area contributed by atoms with Gasteiger partial charge in [0.1, 0.15) is 6.10 Å². The van der Waals surface area contributed by atoms with Gasteiger partial charge in [-0.2, -0.15) is 0 Å². The van der Waals surface area contributed by atoms with Crippen LogP contribution in [0, 0.1) is 40.5 Å². The summed E-state index contributed by atoms with van der Waals surface area (Å²) in [6.45, 7) is 12.8. The second-order valence-electron chi connectivity index (χ2n) is 13.6. The van der Waals surface area contributed by atoms with Crippen molar-refractivity contribution in [2.45, 2.75) is 96.2 Å². The molecule has 0 aliphatic carbocycles. The number of rotatable bonds is 21. The van der Waals surface area contributed by atoms with Crippen LogP contribution in [0.5, 0.6) is 0 Å². The average Bonchev–Trinajstić information content (AvgIpc) is 3.20. The quantitative estimate of drug-likeness (QED) is 0.0424. The van der Waals surface area contributed by atoms with Crippen LogP contribution in [0.15, 0.2) is 77.6 Å². The first-order valence-corrected chi connectivity index (χ1v) is 23.8. The first kappa shape index (κ1) is 44.8. The molecule has 18 heteroatoms. The molecule has 3 rings (SSSR count). The molecule has 0 amide bonds. The van der Waals surface area contributed by atoms with Crippen LogP contribution in [0.4, 0.5) is 22.7 Å². The number of benzene rings is 3. The predicted octanol–water partition coefficient (Wildman–Crippen LogP) is 9.90. The van der Waals surface area contributed by atoms with Crippen molar-refractivity contribution in [2.24, 2.45) is 0 Å². The topological polar surface area (TPSA) is 225 Å². The number of carbonyl (C=O) groups is 2. The van der Waals surface area contributed by atoms with E-state index in [1.54, 1.807) is 18.2 Å². The zero-order valence-corrected chi connectivity index (χ0v) is 34.4. The number of hydrogen-bond acceptors (Lipinski definition) is 12. The fraction of sp³-hybridized carbons (Fsp3) is 0.421. The zero-order chi connectivity index (χ0) is 41.8. The van der Waals surface area contributed by atoms with Crippen molar-refractivity contribution in [1.82, 2.24) is 0 Å². The van der Waals surface area contributed by atoms with Gasteiger partial charge in [-0.1, -0.05) is 119 Å². The Labute approximate surface area is 326 Å². The van der Waals surface area contributed by atoms with Crippen LogP contribution in [-0.2, 0) is 9.47 Å². The molecule has 56 heavy (non-hydrogen) atoms. The number of esters is 2. The number of ether oxygens (including phenoxy) is 2. The number of nitro groups is 4. The van der Waals surface area contributed by atoms with E-state index in [9.17, 15) is 50.0 Å². The Balaban J connectivity index is 2.27. The van der Waals surface area contributed by atoms with Crippen LogP contribution in [0.25, 0.3) is 0 Å². The van der Waals surface area contributed by atoms with Crippen LogP contribution >= 0.6 is 0 Å². The van der Waals surface area contributed by atoms with Gasteiger partial charge in [0, 0.05) is 30.2 Å². The van der Waals surface area contributed by atoms with Crippen molar-refractivity contribution in [3.05, 3.63) is 135 Å². The van der Waals surface area contributed by atoms with E-state index < -0.39 is 88.1 Å². The summed E-state index contributed by atoms with van der Waals surface area (Å²) in [4.78, 5) is 71.7. The fourth-order valence-corrected chi connectivity index (χ4v) is 21.6. The monoisotopic (exact) mass is 808 g/mol. The normalized spacial score (nSPS) is 12.5. The molecule has 0 radical (unpaired) electrons. The smallest absolute Gasteiger partial charge is 0.339 e. The maximum Gasteiger partial charge on any atom is 0.339 e. The van der Waals surface area contributed by atoms with Crippen molar-refractivity contribution in [3.8, 4) is 0 Å². The van der Waals surface area contributed by atoms with Crippen LogP contribution in [0.3, 0.4) is 0 Å². The molecule has 3 aromatic rings. The molecule has 0 N–H and O–H groups in total. The minimum absolute atomic E-state index is 0.0431. The second kappa shape index (κ2) is 19.8. The fourth-order valence-electron chi connectivity index (χ4n) is 7.58. The number of nitrogens with zero attached hydrogens (tertiary/aromatic N) is 4. The molecule has 0 heterocycles. The molecule has 300 valence electrons. The summed E-state index contributed by atoms with van der Waals surface area (Å²) < 4.78 is 11.9. The van der Waals surface area contributed by atoms with E-state index in [1.165, 1.54) is 4.82 Å². The molecule has 3 aromatic carbocycles. The molecule has 0 aromatic heterocycles. The van der Waals surface area contributed by atoms with Gasteiger partial charge in [0.15, 0.2) is 0 Å². The highest BCUT2D eigenvalue weighted by molar-refractivity contribution is 7.07. The SMILES string of the molecule is CC[Si](CC)(CC)C(=C[C@H](OC(=O)c1cc([N+](=O)[O-])cc([N+](=O)[O-])c1)[C@@H](CCOC(=O)c1cc([N+](=O)[O-])cc([N+](=O)[O-])c1)c1ccccc1)[Si](CC)(CC)CC. The van der Waals surface area contributed by atoms with Crippen molar-refractivity contribution in [1.29, 1.82) is 0 Å². The lowest BCUT2D eigenvalue weighted by Gasteiger charge is -2.44. The van der Waals surface area contributed by atoms with Crippen LogP contribution in [0.2, 0.25) is 36.3 Å². The van der Waals surface area contributed by atoms with Gasteiger partial charge in [0.05, 0.1) is 65.7 Å². The van der Waals surface area contributed by atoms with Crippen LogP contribution < -0.4 is 0 Å². The third-order valence-corrected chi connectivity index (χ3v) is 25.1. The molecule has 0 unspecified atom stereocenters.